The Morgan fingerprint density at radius 1 is 0.975 bits per heavy atom. The minimum atomic E-state index is -4.95. The molecule has 3 aliphatic rings. The number of ketones is 1. The van der Waals surface area contributed by atoms with Crippen molar-refractivity contribution in [1.82, 2.24) is 4.90 Å². The molecule has 5 rings (SSSR count). The second-order valence-electron chi connectivity index (χ2n) is 11.0. The van der Waals surface area contributed by atoms with Crippen molar-refractivity contribution < 1.29 is 40.6 Å². The summed E-state index contributed by atoms with van der Waals surface area (Å²) in [6, 6.07) is 9.24. The maximum absolute atomic E-state index is 13.5. The molecule has 5 atom stereocenters. The lowest BCUT2D eigenvalue weighted by atomic mass is 9.76. The van der Waals surface area contributed by atoms with Crippen LogP contribution in [0.4, 0.5) is 26.3 Å². The molecule has 2 aliphatic heterocycles. The molecule has 1 aliphatic carbocycles. The Labute approximate surface area is 228 Å². The molecule has 0 radical (unpaired) electrons. The Morgan fingerprint density at radius 2 is 1.65 bits per heavy atom. The van der Waals surface area contributed by atoms with E-state index in [1.807, 2.05) is 31.2 Å². The van der Waals surface area contributed by atoms with Crippen LogP contribution in [-0.4, -0.2) is 36.7 Å². The van der Waals surface area contributed by atoms with Gasteiger partial charge in [0.15, 0.2) is 12.1 Å². The smallest absolute Gasteiger partial charge is 0.374 e. The molecular weight excluding hydrogens is 536 g/mol. The fourth-order valence-electron chi connectivity index (χ4n) is 6.22. The van der Waals surface area contributed by atoms with Gasteiger partial charge in [-0.3, -0.25) is 4.79 Å². The summed E-state index contributed by atoms with van der Waals surface area (Å²) in [6.45, 7) is 5.09. The number of halogens is 6. The summed E-state index contributed by atoms with van der Waals surface area (Å²) in [5, 5.41) is 0. The number of likely N-dealkylation sites (tertiary alicyclic amines) is 1. The first kappa shape index (κ1) is 28.7. The van der Waals surface area contributed by atoms with Gasteiger partial charge >= 0.3 is 12.4 Å². The van der Waals surface area contributed by atoms with Crippen LogP contribution >= 0.6 is 0 Å². The molecule has 40 heavy (non-hydrogen) atoms. The number of carbonyl (C=O) groups is 1. The predicted octanol–water partition coefficient (Wildman–Crippen LogP) is 7.44. The standard InChI is InChI=1S/C30H31F6NO3/c1-17-6-3-4-9-25(17)27-26-15-37(23-7-5-8-24(38)13-23)14-20(26)16-39-28(27)40-18(2)19-10-21(29(31,32)33)12-22(11-19)30(34,35)36/h3-4,6,9-13,18,20,26-28H,5,7-8,14-16H2,1-2H3/t18-,20+,26?,27+,28-/m1/s1. The summed E-state index contributed by atoms with van der Waals surface area (Å²) in [6.07, 6.45) is -8.02. The van der Waals surface area contributed by atoms with Crippen molar-refractivity contribution in [3.63, 3.8) is 0 Å². The van der Waals surface area contributed by atoms with Crippen molar-refractivity contribution in [3.05, 3.63) is 82.1 Å². The Bertz CT molecular complexity index is 1250. The lowest BCUT2D eigenvalue weighted by Crippen LogP contribution is -2.42. The summed E-state index contributed by atoms with van der Waals surface area (Å²) < 4.78 is 93.3. The van der Waals surface area contributed by atoms with Gasteiger partial charge in [0.25, 0.3) is 0 Å². The maximum Gasteiger partial charge on any atom is 0.416 e. The van der Waals surface area contributed by atoms with Gasteiger partial charge in [-0.1, -0.05) is 24.3 Å². The SMILES string of the molecule is Cc1ccccc1[C@H]1C2CN(C3=CC(=O)CCC3)C[C@H]2CO[C@@H]1O[C@H](C)c1cc(C(F)(F)F)cc(C(F)(F)F)c1. The van der Waals surface area contributed by atoms with Gasteiger partial charge in [-0.15, -0.1) is 0 Å². The second kappa shape index (κ2) is 10.9. The van der Waals surface area contributed by atoms with E-state index in [1.165, 1.54) is 6.92 Å². The van der Waals surface area contributed by atoms with E-state index in [0.29, 0.717) is 38.2 Å². The Kier molecular flexibility index (Phi) is 7.78. The summed E-state index contributed by atoms with van der Waals surface area (Å²) >= 11 is 0. The van der Waals surface area contributed by atoms with Gasteiger partial charge in [0, 0.05) is 43.1 Å². The highest BCUT2D eigenvalue weighted by molar-refractivity contribution is 5.91. The normalized spacial score (nSPS) is 26.4. The van der Waals surface area contributed by atoms with E-state index >= 15 is 0 Å². The van der Waals surface area contributed by atoms with Crippen molar-refractivity contribution in [2.45, 2.75) is 63.8 Å². The lowest BCUT2D eigenvalue weighted by Gasteiger charge is -2.41. The van der Waals surface area contributed by atoms with E-state index in [1.54, 1.807) is 6.08 Å². The summed E-state index contributed by atoms with van der Waals surface area (Å²) in [5.41, 5.74) is -0.0323. The van der Waals surface area contributed by atoms with E-state index in [2.05, 4.69) is 4.90 Å². The number of allylic oxidation sites excluding steroid dienone is 2. The highest BCUT2D eigenvalue weighted by Gasteiger charge is 2.48. The fourth-order valence-corrected chi connectivity index (χ4v) is 6.22. The zero-order valence-corrected chi connectivity index (χ0v) is 22.2. The van der Waals surface area contributed by atoms with Crippen LogP contribution in [0.15, 0.2) is 54.2 Å². The number of benzene rings is 2. The molecule has 2 saturated heterocycles. The van der Waals surface area contributed by atoms with Gasteiger partial charge in [-0.25, -0.2) is 0 Å². The van der Waals surface area contributed by atoms with Gasteiger partial charge in [0.1, 0.15) is 0 Å². The number of nitrogens with zero attached hydrogens (tertiary/aromatic N) is 1. The summed E-state index contributed by atoms with van der Waals surface area (Å²) in [5.74, 6) is -0.0161. The average molecular weight is 568 g/mol. The van der Waals surface area contributed by atoms with Gasteiger partial charge < -0.3 is 14.4 Å². The van der Waals surface area contributed by atoms with Crippen LogP contribution < -0.4 is 0 Å². The van der Waals surface area contributed by atoms with Crippen LogP contribution in [0, 0.1) is 18.8 Å². The zero-order chi connectivity index (χ0) is 28.8. The van der Waals surface area contributed by atoms with Crippen molar-refractivity contribution in [2.24, 2.45) is 11.8 Å². The Morgan fingerprint density at radius 3 is 2.27 bits per heavy atom. The topological polar surface area (TPSA) is 38.8 Å². The second-order valence-corrected chi connectivity index (χ2v) is 11.0. The van der Waals surface area contributed by atoms with Gasteiger partial charge in [-0.05, 0) is 67.5 Å². The molecule has 0 bridgehead atoms. The molecule has 1 unspecified atom stereocenters. The number of carbonyl (C=O) groups excluding carboxylic acids is 1. The predicted molar refractivity (Wildman–Crippen MR) is 135 cm³/mol. The molecule has 0 saturated carbocycles. The third kappa shape index (κ3) is 5.93. The number of hydrogen-bond donors (Lipinski definition) is 0. The van der Waals surface area contributed by atoms with Crippen molar-refractivity contribution in [1.29, 1.82) is 0 Å². The van der Waals surface area contributed by atoms with Gasteiger partial charge in [0.2, 0.25) is 0 Å². The van der Waals surface area contributed by atoms with Crippen LogP contribution in [0.1, 0.15) is 66.0 Å². The molecule has 216 valence electrons. The van der Waals surface area contributed by atoms with Crippen LogP contribution in [0.2, 0.25) is 0 Å². The largest absolute Gasteiger partial charge is 0.416 e. The minimum absolute atomic E-state index is 0.0530. The number of aryl methyl sites for hydroxylation is 1. The molecule has 10 heteroatoms. The molecule has 0 spiro atoms. The molecule has 2 fully saturated rings. The molecule has 2 aromatic rings. The number of fused-ring (bicyclic) bond motifs is 1. The van der Waals surface area contributed by atoms with Gasteiger partial charge in [-0.2, -0.15) is 26.3 Å². The highest BCUT2D eigenvalue weighted by Crippen LogP contribution is 2.47. The Balaban J connectivity index is 1.46. The summed E-state index contributed by atoms with van der Waals surface area (Å²) in [4.78, 5) is 14.3. The number of hydrogen-bond acceptors (Lipinski definition) is 4. The number of alkyl halides is 6. The van der Waals surface area contributed by atoms with Crippen LogP contribution in [0.3, 0.4) is 0 Å². The molecular formula is C30H31F6NO3. The van der Waals surface area contributed by atoms with E-state index in [-0.39, 0.29) is 35.2 Å². The van der Waals surface area contributed by atoms with Crippen LogP contribution in [0.5, 0.6) is 0 Å². The number of rotatable bonds is 5. The van der Waals surface area contributed by atoms with Crippen molar-refractivity contribution in [3.8, 4) is 0 Å². The quantitative estimate of drug-likeness (QED) is 0.352. The van der Waals surface area contributed by atoms with Crippen molar-refractivity contribution in [2.75, 3.05) is 19.7 Å². The maximum atomic E-state index is 13.5. The highest BCUT2D eigenvalue weighted by atomic mass is 19.4. The van der Waals surface area contributed by atoms with E-state index in [4.69, 9.17) is 9.47 Å². The Hall–Kier alpha value is -2.85. The molecule has 2 aromatic carbocycles. The fraction of sp³-hybridized carbons (Fsp3) is 0.500. The molecule has 0 amide bonds. The first-order chi connectivity index (χ1) is 18.8. The zero-order valence-electron chi connectivity index (χ0n) is 22.2. The minimum Gasteiger partial charge on any atom is -0.374 e. The molecule has 0 N–H and O–H groups in total. The van der Waals surface area contributed by atoms with E-state index < -0.39 is 35.9 Å². The molecule has 2 heterocycles. The number of ether oxygens (including phenoxy) is 2. The third-order valence-corrected chi connectivity index (χ3v) is 8.28. The van der Waals surface area contributed by atoms with Gasteiger partial charge in [0.05, 0.1) is 23.8 Å². The summed E-state index contributed by atoms with van der Waals surface area (Å²) in [7, 11) is 0. The first-order valence-electron chi connectivity index (χ1n) is 13.4. The van der Waals surface area contributed by atoms with E-state index in [9.17, 15) is 31.1 Å². The monoisotopic (exact) mass is 567 g/mol. The van der Waals surface area contributed by atoms with E-state index in [0.717, 1.165) is 29.7 Å². The first-order valence-corrected chi connectivity index (χ1v) is 13.4. The lowest BCUT2D eigenvalue weighted by molar-refractivity contribution is -0.217. The van der Waals surface area contributed by atoms with Crippen LogP contribution in [0.25, 0.3) is 0 Å². The molecule has 4 nitrogen and oxygen atoms in total. The third-order valence-electron chi connectivity index (χ3n) is 8.28. The van der Waals surface area contributed by atoms with Crippen molar-refractivity contribution >= 4 is 5.78 Å². The van der Waals surface area contributed by atoms with Crippen LogP contribution in [-0.2, 0) is 26.6 Å². The average Bonchev–Trinajstić information content (AvgIpc) is 3.32. The molecule has 0 aromatic heterocycles.